The van der Waals surface area contributed by atoms with Crippen LogP contribution in [-0.2, 0) is 0 Å². The van der Waals surface area contributed by atoms with Crippen molar-refractivity contribution in [1.82, 2.24) is 0 Å². The molecule has 0 spiro atoms. The molecule has 0 N–H and O–H groups in total. The molecule has 0 nitrogen and oxygen atoms in total. The Hall–Kier alpha value is 1.20. The standard InChI is InChI=1S/C4H6I2/c1-4(6)2-3-5/h1-3H2. The van der Waals surface area contributed by atoms with Gasteiger partial charge in [-0.1, -0.05) is 29.2 Å². The highest BCUT2D eigenvalue weighted by Gasteiger charge is 1.79. The van der Waals surface area contributed by atoms with E-state index in [4.69, 9.17) is 0 Å². The second-order valence-corrected chi connectivity index (χ2v) is 3.56. The van der Waals surface area contributed by atoms with E-state index in [1.807, 2.05) is 0 Å². The Balaban J connectivity index is 2.83. The van der Waals surface area contributed by atoms with Crippen LogP contribution in [0.4, 0.5) is 0 Å². The Morgan fingerprint density at radius 3 is 2.17 bits per heavy atom. The van der Waals surface area contributed by atoms with Crippen molar-refractivity contribution in [2.75, 3.05) is 4.43 Å². The minimum Gasteiger partial charge on any atom is -0.0897 e. The van der Waals surface area contributed by atoms with Crippen LogP contribution < -0.4 is 0 Å². The molecule has 0 heterocycles. The summed E-state index contributed by atoms with van der Waals surface area (Å²) in [7, 11) is 0. The van der Waals surface area contributed by atoms with Crippen LogP contribution in [0.3, 0.4) is 0 Å². The van der Waals surface area contributed by atoms with Crippen LogP contribution in [0.5, 0.6) is 0 Å². The molecule has 0 saturated carbocycles. The molecular weight excluding hydrogens is 302 g/mol. The predicted octanol–water partition coefficient (Wildman–Crippen LogP) is 2.76. The highest BCUT2D eigenvalue weighted by Crippen LogP contribution is 2.07. The quantitative estimate of drug-likeness (QED) is 0.543. The van der Waals surface area contributed by atoms with Crippen LogP contribution in [0.2, 0.25) is 0 Å². The predicted molar refractivity (Wildman–Crippen MR) is 46.7 cm³/mol. The fourth-order valence-electron chi connectivity index (χ4n) is 0.103. The van der Waals surface area contributed by atoms with E-state index in [2.05, 4.69) is 51.8 Å². The molecule has 0 aliphatic rings. The van der Waals surface area contributed by atoms with Gasteiger partial charge in [0.1, 0.15) is 0 Å². The summed E-state index contributed by atoms with van der Waals surface area (Å²) in [6, 6.07) is 0. The summed E-state index contributed by atoms with van der Waals surface area (Å²) in [6.45, 7) is 3.73. The molecule has 0 aliphatic carbocycles. The van der Waals surface area contributed by atoms with Crippen molar-refractivity contribution >= 4 is 45.2 Å². The van der Waals surface area contributed by atoms with E-state index in [0.29, 0.717) is 0 Å². The Bertz CT molecular complexity index is 49.5. The van der Waals surface area contributed by atoms with E-state index in [1.54, 1.807) is 0 Å². The number of hydrogen-bond donors (Lipinski definition) is 0. The lowest BCUT2D eigenvalue weighted by atomic mass is 10.5. The van der Waals surface area contributed by atoms with E-state index in [9.17, 15) is 0 Å². The second-order valence-electron chi connectivity index (χ2n) is 0.956. The molecule has 2 heteroatoms. The largest absolute Gasteiger partial charge is 0.0897 e. The van der Waals surface area contributed by atoms with Gasteiger partial charge in [0.2, 0.25) is 0 Å². The van der Waals surface area contributed by atoms with Gasteiger partial charge in [-0.3, -0.25) is 0 Å². The lowest BCUT2D eigenvalue weighted by molar-refractivity contribution is 1.27. The van der Waals surface area contributed by atoms with Gasteiger partial charge in [-0.15, -0.1) is 0 Å². The molecule has 0 aliphatic heterocycles. The Kier molecular flexibility index (Phi) is 5.23. The molecular formula is C4H6I2. The number of alkyl halides is 1. The van der Waals surface area contributed by atoms with Gasteiger partial charge < -0.3 is 0 Å². The highest BCUT2D eigenvalue weighted by atomic mass is 127. The summed E-state index contributed by atoms with van der Waals surface area (Å²) >= 11 is 4.58. The number of hydrogen-bond acceptors (Lipinski definition) is 0. The molecule has 0 unspecified atom stereocenters. The van der Waals surface area contributed by atoms with Gasteiger partial charge in [-0.2, -0.15) is 0 Å². The van der Waals surface area contributed by atoms with Crippen LogP contribution in [0.15, 0.2) is 10.2 Å². The Labute approximate surface area is 65.7 Å². The molecule has 0 bridgehead atoms. The van der Waals surface area contributed by atoms with Crippen LogP contribution in [0.25, 0.3) is 0 Å². The first-order valence-corrected chi connectivity index (χ1v) is 4.27. The molecule has 6 heavy (non-hydrogen) atoms. The fourth-order valence-corrected chi connectivity index (χ4v) is 2.06. The van der Waals surface area contributed by atoms with Gasteiger partial charge in [0.05, 0.1) is 0 Å². The zero-order valence-electron chi connectivity index (χ0n) is 3.38. The smallest absolute Gasteiger partial charge is 0.00400 e. The molecule has 0 saturated heterocycles. The van der Waals surface area contributed by atoms with Gasteiger partial charge >= 0.3 is 0 Å². The fraction of sp³-hybridized carbons (Fsp3) is 0.500. The van der Waals surface area contributed by atoms with Crippen molar-refractivity contribution < 1.29 is 0 Å². The van der Waals surface area contributed by atoms with Crippen LogP contribution in [0, 0.1) is 0 Å². The van der Waals surface area contributed by atoms with Crippen LogP contribution in [0.1, 0.15) is 6.42 Å². The normalized spacial score (nSPS) is 8.33. The first kappa shape index (κ1) is 7.20. The monoisotopic (exact) mass is 308 g/mol. The summed E-state index contributed by atoms with van der Waals surface area (Å²) < 4.78 is 2.45. The molecule has 0 radical (unpaired) electrons. The molecule has 0 fully saturated rings. The van der Waals surface area contributed by atoms with Gasteiger partial charge in [-0.25, -0.2) is 0 Å². The lowest BCUT2D eigenvalue weighted by Crippen LogP contribution is -1.66. The van der Waals surface area contributed by atoms with Gasteiger partial charge in [0.15, 0.2) is 0 Å². The van der Waals surface area contributed by atoms with Gasteiger partial charge in [0, 0.05) is 4.43 Å². The molecule has 0 atom stereocenters. The van der Waals surface area contributed by atoms with Crippen molar-refractivity contribution in [2.24, 2.45) is 0 Å². The molecule has 0 aromatic rings. The van der Waals surface area contributed by atoms with Gasteiger partial charge in [-0.05, 0) is 32.6 Å². The first-order chi connectivity index (χ1) is 2.77. The third-order valence-corrected chi connectivity index (χ3v) is 1.44. The zero-order chi connectivity index (χ0) is 4.99. The van der Waals surface area contributed by atoms with Crippen LogP contribution >= 0.6 is 45.2 Å². The Morgan fingerprint density at radius 2 is 2.17 bits per heavy atom. The summed E-state index contributed by atoms with van der Waals surface area (Å²) in [4.78, 5) is 0. The maximum Gasteiger partial charge on any atom is 0.00400 e. The van der Waals surface area contributed by atoms with Gasteiger partial charge in [0.25, 0.3) is 0 Å². The maximum absolute atomic E-state index is 3.73. The average molecular weight is 308 g/mol. The van der Waals surface area contributed by atoms with Crippen molar-refractivity contribution in [1.29, 1.82) is 0 Å². The highest BCUT2D eigenvalue weighted by molar-refractivity contribution is 14.1. The molecule has 0 amide bonds. The summed E-state index contributed by atoms with van der Waals surface area (Å²) in [5.74, 6) is 0. The van der Waals surface area contributed by atoms with Crippen molar-refractivity contribution in [2.45, 2.75) is 6.42 Å². The zero-order valence-corrected chi connectivity index (χ0v) is 7.69. The third-order valence-electron chi connectivity index (χ3n) is 0.366. The minimum atomic E-state index is 1.15. The summed E-state index contributed by atoms with van der Waals surface area (Å²) in [5, 5.41) is 0. The topological polar surface area (TPSA) is 0 Å². The van der Waals surface area contributed by atoms with Crippen molar-refractivity contribution in [3.63, 3.8) is 0 Å². The van der Waals surface area contributed by atoms with Crippen molar-refractivity contribution in [3.05, 3.63) is 10.2 Å². The Morgan fingerprint density at radius 1 is 1.67 bits per heavy atom. The van der Waals surface area contributed by atoms with E-state index >= 15 is 0 Å². The SMILES string of the molecule is C=C(I)CCI. The number of halogens is 2. The average Bonchev–Trinajstić information content (AvgIpc) is 1.35. The van der Waals surface area contributed by atoms with Crippen molar-refractivity contribution in [3.8, 4) is 0 Å². The van der Waals surface area contributed by atoms with Crippen LogP contribution in [-0.4, -0.2) is 4.43 Å². The molecule has 0 aromatic heterocycles. The lowest BCUT2D eigenvalue weighted by Gasteiger charge is -1.83. The second kappa shape index (κ2) is 4.36. The van der Waals surface area contributed by atoms with E-state index in [0.717, 1.165) is 6.42 Å². The molecule has 0 aromatic carbocycles. The first-order valence-electron chi connectivity index (χ1n) is 1.66. The third kappa shape index (κ3) is 5.20. The minimum absolute atomic E-state index is 1.15. The molecule has 0 rings (SSSR count). The van der Waals surface area contributed by atoms with E-state index in [1.165, 1.54) is 8.01 Å². The van der Waals surface area contributed by atoms with E-state index in [-0.39, 0.29) is 0 Å². The van der Waals surface area contributed by atoms with E-state index < -0.39 is 0 Å². The number of rotatable bonds is 2. The molecule has 36 valence electrons. The number of allylic oxidation sites excluding steroid dienone is 1. The summed E-state index contributed by atoms with van der Waals surface area (Å²) in [5.41, 5.74) is 0. The summed E-state index contributed by atoms with van der Waals surface area (Å²) in [6.07, 6.45) is 1.15. The maximum atomic E-state index is 3.73.